The number of hydrogen-bond donors (Lipinski definition) is 1. The molecule has 100 valence electrons. The van der Waals surface area contributed by atoms with Crippen LogP contribution >= 0.6 is 11.6 Å². The van der Waals surface area contributed by atoms with Crippen molar-refractivity contribution in [3.63, 3.8) is 0 Å². The summed E-state index contributed by atoms with van der Waals surface area (Å²) in [6.07, 6.45) is 0. The fourth-order valence-electron chi connectivity index (χ4n) is 1.63. The first-order valence-corrected chi connectivity index (χ1v) is 7.30. The van der Waals surface area contributed by atoms with Crippen molar-refractivity contribution in [3.8, 4) is 0 Å². The monoisotopic (exact) mass is 299 g/mol. The molecular weight excluding hydrogens is 289 g/mol. The Morgan fingerprint density at radius 3 is 2.47 bits per heavy atom. The van der Waals surface area contributed by atoms with Crippen LogP contribution in [0, 0.1) is 12.7 Å². The van der Waals surface area contributed by atoms with Gasteiger partial charge < -0.3 is 0 Å². The molecule has 2 aromatic carbocycles. The molecule has 6 heteroatoms. The average molecular weight is 300 g/mol. The SMILES string of the molecule is Cc1ccccc1S(=O)(=O)Nc1ccc(F)cc1Cl. The summed E-state index contributed by atoms with van der Waals surface area (Å²) in [6.45, 7) is 1.70. The first-order valence-electron chi connectivity index (χ1n) is 5.43. The summed E-state index contributed by atoms with van der Waals surface area (Å²) < 4.78 is 39.6. The quantitative estimate of drug-likeness (QED) is 0.941. The predicted octanol–water partition coefficient (Wildman–Crippen LogP) is 3.59. The van der Waals surface area contributed by atoms with Crippen LogP contribution in [0.2, 0.25) is 5.02 Å². The van der Waals surface area contributed by atoms with Gasteiger partial charge in [0.05, 0.1) is 15.6 Å². The molecule has 0 radical (unpaired) electrons. The second kappa shape index (κ2) is 5.19. The lowest BCUT2D eigenvalue weighted by Gasteiger charge is -2.11. The molecule has 0 saturated heterocycles. The maximum atomic E-state index is 12.9. The van der Waals surface area contributed by atoms with Crippen LogP contribution in [-0.2, 0) is 10.0 Å². The summed E-state index contributed by atoms with van der Waals surface area (Å²) >= 11 is 5.80. The van der Waals surface area contributed by atoms with E-state index in [-0.39, 0.29) is 15.6 Å². The maximum Gasteiger partial charge on any atom is 0.262 e. The zero-order valence-electron chi connectivity index (χ0n) is 10.0. The highest BCUT2D eigenvalue weighted by molar-refractivity contribution is 7.92. The topological polar surface area (TPSA) is 46.2 Å². The fourth-order valence-corrected chi connectivity index (χ4v) is 3.23. The summed E-state index contributed by atoms with van der Waals surface area (Å²) in [6, 6.07) is 10.1. The van der Waals surface area contributed by atoms with Crippen molar-refractivity contribution < 1.29 is 12.8 Å². The molecule has 2 rings (SSSR count). The van der Waals surface area contributed by atoms with E-state index in [0.29, 0.717) is 5.56 Å². The van der Waals surface area contributed by atoms with Crippen molar-refractivity contribution >= 4 is 27.3 Å². The van der Waals surface area contributed by atoms with E-state index in [0.717, 1.165) is 12.1 Å². The maximum absolute atomic E-state index is 12.9. The number of hydrogen-bond acceptors (Lipinski definition) is 2. The van der Waals surface area contributed by atoms with Gasteiger partial charge in [0.15, 0.2) is 0 Å². The number of sulfonamides is 1. The molecule has 0 heterocycles. The minimum atomic E-state index is -3.74. The molecule has 0 aliphatic rings. The van der Waals surface area contributed by atoms with E-state index in [1.807, 2.05) is 0 Å². The van der Waals surface area contributed by atoms with Crippen molar-refractivity contribution in [2.75, 3.05) is 4.72 Å². The Bertz CT molecular complexity index is 716. The van der Waals surface area contributed by atoms with Crippen LogP contribution in [0.4, 0.5) is 10.1 Å². The molecule has 1 N–H and O–H groups in total. The molecule has 2 aromatic rings. The minimum absolute atomic E-state index is 0.0113. The first kappa shape index (κ1) is 13.8. The first-order chi connectivity index (χ1) is 8.90. The van der Waals surface area contributed by atoms with E-state index in [9.17, 15) is 12.8 Å². The zero-order valence-corrected chi connectivity index (χ0v) is 11.6. The van der Waals surface area contributed by atoms with Crippen LogP contribution in [0.3, 0.4) is 0 Å². The number of halogens is 2. The van der Waals surface area contributed by atoms with E-state index in [1.54, 1.807) is 25.1 Å². The van der Waals surface area contributed by atoms with Gasteiger partial charge in [-0.25, -0.2) is 12.8 Å². The largest absolute Gasteiger partial charge is 0.278 e. The van der Waals surface area contributed by atoms with Crippen LogP contribution < -0.4 is 4.72 Å². The van der Waals surface area contributed by atoms with Gasteiger partial charge >= 0.3 is 0 Å². The van der Waals surface area contributed by atoms with Crippen LogP contribution in [0.5, 0.6) is 0 Å². The highest BCUT2D eigenvalue weighted by Crippen LogP contribution is 2.26. The highest BCUT2D eigenvalue weighted by atomic mass is 35.5. The molecule has 0 aromatic heterocycles. The molecule has 0 bridgehead atoms. The molecule has 0 aliphatic carbocycles. The molecule has 0 fully saturated rings. The lowest BCUT2D eigenvalue weighted by atomic mass is 10.2. The summed E-state index contributed by atoms with van der Waals surface area (Å²) in [5.41, 5.74) is 0.763. The third-order valence-electron chi connectivity index (χ3n) is 2.56. The summed E-state index contributed by atoms with van der Waals surface area (Å²) in [5, 5.41) is 0.0113. The number of aryl methyl sites for hydroxylation is 1. The number of rotatable bonds is 3. The van der Waals surface area contributed by atoms with Gasteiger partial charge in [0.1, 0.15) is 5.82 Å². The Kier molecular flexibility index (Phi) is 3.78. The highest BCUT2D eigenvalue weighted by Gasteiger charge is 2.17. The number of nitrogens with one attached hydrogen (secondary N) is 1. The standard InChI is InChI=1S/C13H11ClFNO2S/c1-9-4-2-3-5-13(9)19(17,18)16-12-7-6-10(15)8-11(12)14/h2-8,16H,1H3. The van der Waals surface area contributed by atoms with Gasteiger partial charge in [-0.3, -0.25) is 4.72 Å². The second-order valence-corrected chi connectivity index (χ2v) is 6.05. The van der Waals surface area contributed by atoms with Gasteiger partial charge in [0, 0.05) is 0 Å². The Balaban J connectivity index is 2.40. The van der Waals surface area contributed by atoms with Crippen LogP contribution in [-0.4, -0.2) is 8.42 Å². The molecule has 19 heavy (non-hydrogen) atoms. The molecular formula is C13H11ClFNO2S. The Hall–Kier alpha value is -1.59. The number of benzene rings is 2. The third-order valence-corrected chi connectivity index (χ3v) is 4.40. The van der Waals surface area contributed by atoms with E-state index < -0.39 is 15.8 Å². The average Bonchev–Trinajstić information content (AvgIpc) is 2.33. The lowest BCUT2D eigenvalue weighted by molar-refractivity contribution is 0.600. The summed E-state index contributed by atoms with van der Waals surface area (Å²) in [7, 11) is -3.74. The normalized spacial score (nSPS) is 11.3. The zero-order chi connectivity index (χ0) is 14.0. The Morgan fingerprint density at radius 2 is 1.84 bits per heavy atom. The van der Waals surface area contributed by atoms with Crippen molar-refractivity contribution in [1.29, 1.82) is 0 Å². The molecule has 0 spiro atoms. The van der Waals surface area contributed by atoms with E-state index in [2.05, 4.69) is 4.72 Å². The van der Waals surface area contributed by atoms with Gasteiger partial charge in [0.2, 0.25) is 0 Å². The van der Waals surface area contributed by atoms with E-state index in [1.165, 1.54) is 12.1 Å². The molecule has 0 saturated carbocycles. The molecule has 0 aliphatic heterocycles. The lowest BCUT2D eigenvalue weighted by Crippen LogP contribution is -2.14. The van der Waals surface area contributed by atoms with Gasteiger partial charge in [-0.2, -0.15) is 0 Å². The summed E-state index contributed by atoms with van der Waals surface area (Å²) in [4.78, 5) is 0.162. The molecule has 0 unspecified atom stereocenters. The Morgan fingerprint density at radius 1 is 1.16 bits per heavy atom. The van der Waals surface area contributed by atoms with Gasteiger partial charge in [0.25, 0.3) is 10.0 Å². The Labute approximate surface area is 116 Å². The van der Waals surface area contributed by atoms with Crippen LogP contribution in [0.15, 0.2) is 47.4 Å². The van der Waals surface area contributed by atoms with Gasteiger partial charge in [-0.05, 0) is 36.8 Å². The van der Waals surface area contributed by atoms with Gasteiger partial charge in [-0.15, -0.1) is 0 Å². The van der Waals surface area contributed by atoms with Crippen molar-refractivity contribution in [1.82, 2.24) is 0 Å². The van der Waals surface area contributed by atoms with Gasteiger partial charge in [-0.1, -0.05) is 29.8 Å². The van der Waals surface area contributed by atoms with E-state index >= 15 is 0 Å². The van der Waals surface area contributed by atoms with Crippen molar-refractivity contribution in [2.45, 2.75) is 11.8 Å². The fraction of sp³-hybridized carbons (Fsp3) is 0.0769. The van der Waals surface area contributed by atoms with E-state index in [4.69, 9.17) is 11.6 Å². The smallest absolute Gasteiger partial charge is 0.262 e. The number of anilines is 1. The second-order valence-electron chi connectivity index (χ2n) is 4.00. The molecule has 0 amide bonds. The predicted molar refractivity (Wildman–Crippen MR) is 73.4 cm³/mol. The van der Waals surface area contributed by atoms with Crippen molar-refractivity contribution in [2.24, 2.45) is 0 Å². The molecule has 0 atom stereocenters. The van der Waals surface area contributed by atoms with Crippen molar-refractivity contribution in [3.05, 3.63) is 58.9 Å². The third kappa shape index (κ3) is 3.05. The minimum Gasteiger partial charge on any atom is -0.278 e. The van der Waals surface area contributed by atoms with Crippen LogP contribution in [0.1, 0.15) is 5.56 Å². The van der Waals surface area contributed by atoms with Crippen LogP contribution in [0.25, 0.3) is 0 Å². The molecule has 3 nitrogen and oxygen atoms in total. The summed E-state index contributed by atoms with van der Waals surface area (Å²) in [5.74, 6) is -0.524.